The number of nitrogens with zero attached hydrogens (tertiary/aromatic N) is 2. The van der Waals surface area contributed by atoms with Crippen molar-refractivity contribution in [3.8, 4) is 0 Å². The Bertz CT molecular complexity index is 414. The first kappa shape index (κ1) is 15.2. The molecule has 1 saturated heterocycles. The van der Waals surface area contributed by atoms with Crippen LogP contribution in [0, 0.1) is 0 Å². The van der Waals surface area contributed by atoms with E-state index in [1.54, 1.807) is 0 Å². The molecule has 2 rings (SSSR count). The molecule has 2 unspecified atom stereocenters. The summed E-state index contributed by atoms with van der Waals surface area (Å²) in [6.45, 7) is 7.76. The lowest BCUT2D eigenvalue weighted by Crippen LogP contribution is -2.47. The molecule has 0 spiro atoms. The summed E-state index contributed by atoms with van der Waals surface area (Å²) in [7, 11) is 0. The second kappa shape index (κ2) is 7.57. The van der Waals surface area contributed by atoms with Crippen LogP contribution in [0.5, 0.6) is 0 Å². The van der Waals surface area contributed by atoms with Gasteiger partial charge in [-0.05, 0) is 31.0 Å². The number of morpholine rings is 1. The molecule has 1 fully saturated rings. The van der Waals surface area contributed by atoms with Crippen molar-refractivity contribution in [1.29, 1.82) is 0 Å². The van der Waals surface area contributed by atoms with Crippen molar-refractivity contribution in [3.63, 3.8) is 0 Å². The highest BCUT2D eigenvalue weighted by atomic mass is 16.5. The second-order valence-corrected chi connectivity index (χ2v) is 5.42. The van der Waals surface area contributed by atoms with Gasteiger partial charge in [0, 0.05) is 32.4 Å². The lowest BCUT2D eigenvalue weighted by molar-refractivity contribution is -0.0972. The van der Waals surface area contributed by atoms with E-state index >= 15 is 0 Å². The monoisotopic (exact) mass is 279 g/mol. The maximum absolute atomic E-state index is 9.26. The highest BCUT2D eigenvalue weighted by Crippen LogP contribution is 2.15. The van der Waals surface area contributed by atoms with Gasteiger partial charge in [0.15, 0.2) is 0 Å². The average molecular weight is 279 g/mol. The predicted molar refractivity (Wildman–Crippen MR) is 79.7 cm³/mol. The van der Waals surface area contributed by atoms with E-state index in [1.165, 1.54) is 5.56 Å². The number of aliphatic hydroxyl groups excluding tert-OH is 1. The van der Waals surface area contributed by atoms with Crippen LogP contribution < -0.4 is 5.32 Å². The summed E-state index contributed by atoms with van der Waals surface area (Å²) in [5, 5.41) is 12.6. The first-order valence-corrected chi connectivity index (χ1v) is 7.38. The highest BCUT2D eigenvalue weighted by molar-refractivity contribution is 5.37. The fraction of sp³-hybridized carbons (Fsp3) is 0.667. The molecular formula is C15H25N3O2. The number of pyridine rings is 1. The summed E-state index contributed by atoms with van der Waals surface area (Å²) < 4.78 is 5.66. The fourth-order valence-corrected chi connectivity index (χ4v) is 2.55. The molecule has 1 aliphatic rings. The number of rotatable bonds is 6. The lowest BCUT2D eigenvalue weighted by atomic mass is 10.2. The van der Waals surface area contributed by atoms with Crippen molar-refractivity contribution in [2.45, 2.75) is 39.0 Å². The lowest BCUT2D eigenvalue weighted by Gasteiger charge is -2.36. The van der Waals surface area contributed by atoms with Crippen LogP contribution in [0.25, 0.3) is 0 Å². The van der Waals surface area contributed by atoms with E-state index in [4.69, 9.17) is 4.74 Å². The summed E-state index contributed by atoms with van der Waals surface area (Å²) >= 11 is 0. The Morgan fingerprint density at radius 1 is 1.50 bits per heavy atom. The van der Waals surface area contributed by atoms with E-state index in [1.807, 2.05) is 12.3 Å². The average Bonchev–Trinajstić information content (AvgIpc) is 2.45. The molecule has 5 heteroatoms. The van der Waals surface area contributed by atoms with Gasteiger partial charge in [-0.15, -0.1) is 0 Å². The Balaban J connectivity index is 1.94. The molecule has 1 aliphatic heterocycles. The van der Waals surface area contributed by atoms with Crippen molar-refractivity contribution < 1.29 is 9.84 Å². The smallest absolute Gasteiger partial charge is 0.126 e. The molecule has 5 nitrogen and oxygen atoms in total. The minimum atomic E-state index is -0.0710. The molecule has 0 aliphatic carbocycles. The Labute approximate surface area is 121 Å². The first-order valence-electron chi connectivity index (χ1n) is 7.38. The summed E-state index contributed by atoms with van der Waals surface area (Å²) in [5.41, 5.74) is 1.24. The van der Waals surface area contributed by atoms with Crippen LogP contribution >= 0.6 is 0 Å². The van der Waals surface area contributed by atoms with Crippen molar-refractivity contribution in [2.24, 2.45) is 0 Å². The number of hydrogen-bond donors (Lipinski definition) is 2. The van der Waals surface area contributed by atoms with Crippen molar-refractivity contribution in [1.82, 2.24) is 9.88 Å². The van der Waals surface area contributed by atoms with Crippen LogP contribution in [0.1, 0.15) is 25.8 Å². The summed E-state index contributed by atoms with van der Waals surface area (Å²) in [6, 6.07) is 4.15. The van der Waals surface area contributed by atoms with Gasteiger partial charge in [0.25, 0.3) is 0 Å². The predicted octanol–water partition coefficient (Wildman–Crippen LogP) is 1.49. The zero-order valence-corrected chi connectivity index (χ0v) is 12.4. The SMILES string of the molecule is CCCNc1cc(CN2CC(C)OC(CO)C2)ccn1. The molecule has 1 aromatic heterocycles. The van der Waals surface area contributed by atoms with E-state index in [0.717, 1.165) is 38.4 Å². The standard InChI is InChI=1S/C15H25N3O2/c1-3-5-16-15-7-13(4-6-17-15)9-18-8-12(2)20-14(10-18)11-19/h4,6-7,12,14,19H,3,5,8-11H2,1-2H3,(H,16,17). The molecule has 0 saturated carbocycles. The van der Waals surface area contributed by atoms with Crippen LogP contribution in [0.2, 0.25) is 0 Å². The van der Waals surface area contributed by atoms with E-state index in [9.17, 15) is 5.11 Å². The summed E-state index contributed by atoms with van der Waals surface area (Å²) in [6.07, 6.45) is 3.03. The van der Waals surface area contributed by atoms with Crippen LogP contribution in [-0.4, -0.2) is 53.4 Å². The van der Waals surface area contributed by atoms with Crippen molar-refractivity contribution in [3.05, 3.63) is 23.9 Å². The van der Waals surface area contributed by atoms with Gasteiger partial charge in [-0.3, -0.25) is 4.90 Å². The molecular weight excluding hydrogens is 254 g/mol. The topological polar surface area (TPSA) is 57.6 Å². The van der Waals surface area contributed by atoms with E-state index in [2.05, 4.69) is 35.1 Å². The number of aliphatic hydroxyl groups is 1. The zero-order chi connectivity index (χ0) is 14.4. The normalized spacial score (nSPS) is 23.8. The van der Waals surface area contributed by atoms with Gasteiger partial charge in [-0.2, -0.15) is 0 Å². The maximum Gasteiger partial charge on any atom is 0.126 e. The third-order valence-electron chi connectivity index (χ3n) is 3.39. The third-order valence-corrected chi connectivity index (χ3v) is 3.39. The molecule has 0 radical (unpaired) electrons. The van der Waals surface area contributed by atoms with E-state index in [0.29, 0.717) is 0 Å². The maximum atomic E-state index is 9.26. The van der Waals surface area contributed by atoms with Gasteiger partial charge in [0.1, 0.15) is 5.82 Å². The molecule has 0 amide bonds. The Morgan fingerprint density at radius 2 is 2.35 bits per heavy atom. The van der Waals surface area contributed by atoms with Crippen molar-refractivity contribution >= 4 is 5.82 Å². The number of hydrogen-bond acceptors (Lipinski definition) is 5. The molecule has 2 N–H and O–H groups in total. The van der Waals surface area contributed by atoms with Gasteiger partial charge >= 0.3 is 0 Å². The number of aromatic nitrogens is 1. The summed E-state index contributed by atoms with van der Waals surface area (Å²) in [5.74, 6) is 0.935. The van der Waals surface area contributed by atoms with Crippen LogP contribution in [0.4, 0.5) is 5.82 Å². The Morgan fingerprint density at radius 3 is 3.10 bits per heavy atom. The van der Waals surface area contributed by atoms with Crippen molar-refractivity contribution in [2.75, 3.05) is 31.6 Å². The third kappa shape index (κ3) is 4.44. The molecule has 2 atom stereocenters. The number of ether oxygens (including phenoxy) is 1. The molecule has 2 heterocycles. The summed E-state index contributed by atoms with van der Waals surface area (Å²) in [4.78, 5) is 6.65. The zero-order valence-electron chi connectivity index (χ0n) is 12.4. The molecule has 1 aromatic rings. The van der Waals surface area contributed by atoms with Gasteiger partial charge in [-0.25, -0.2) is 4.98 Å². The largest absolute Gasteiger partial charge is 0.394 e. The Kier molecular flexibility index (Phi) is 5.76. The second-order valence-electron chi connectivity index (χ2n) is 5.42. The van der Waals surface area contributed by atoms with Crippen LogP contribution in [-0.2, 0) is 11.3 Å². The molecule has 0 bridgehead atoms. The van der Waals surface area contributed by atoms with Gasteiger partial charge < -0.3 is 15.2 Å². The Hall–Kier alpha value is -1.17. The van der Waals surface area contributed by atoms with Gasteiger partial charge in [0.05, 0.1) is 18.8 Å². The first-order chi connectivity index (χ1) is 9.71. The minimum Gasteiger partial charge on any atom is -0.394 e. The van der Waals surface area contributed by atoms with E-state index in [-0.39, 0.29) is 18.8 Å². The van der Waals surface area contributed by atoms with Crippen LogP contribution in [0.15, 0.2) is 18.3 Å². The molecule has 20 heavy (non-hydrogen) atoms. The van der Waals surface area contributed by atoms with Crippen LogP contribution in [0.3, 0.4) is 0 Å². The van der Waals surface area contributed by atoms with Gasteiger partial charge in [0.2, 0.25) is 0 Å². The van der Waals surface area contributed by atoms with Gasteiger partial charge in [-0.1, -0.05) is 6.92 Å². The number of nitrogens with one attached hydrogen (secondary N) is 1. The minimum absolute atomic E-state index is 0.0710. The fourth-order valence-electron chi connectivity index (χ4n) is 2.55. The number of anilines is 1. The molecule has 112 valence electrons. The highest BCUT2D eigenvalue weighted by Gasteiger charge is 2.24. The molecule has 0 aromatic carbocycles. The quantitative estimate of drug-likeness (QED) is 0.826. The van der Waals surface area contributed by atoms with E-state index < -0.39 is 0 Å².